The van der Waals surface area contributed by atoms with Crippen molar-refractivity contribution in [3.63, 3.8) is 0 Å². The van der Waals surface area contributed by atoms with E-state index in [1.165, 1.54) is 0 Å². The number of amides is 2. The molecule has 2 amide bonds. The molecule has 164 valence electrons. The number of morpholine rings is 1. The van der Waals surface area contributed by atoms with Crippen LogP contribution in [0, 0.1) is 0 Å². The first-order valence-corrected chi connectivity index (χ1v) is 10.7. The van der Waals surface area contributed by atoms with Gasteiger partial charge in [-0.1, -0.05) is 48.0 Å². The first kappa shape index (κ1) is 21.9. The summed E-state index contributed by atoms with van der Waals surface area (Å²) in [6.07, 6.45) is 0. The Labute approximate surface area is 191 Å². The van der Waals surface area contributed by atoms with Crippen LogP contribution in [0.1, 0.15) is 26.3 Å². The van der Waals surface area contributed by atoms with Gasteiger partial charge in [0.25, 0.3) is 11.8 Å². The predicted molar refractivity (Wildman–Crippen MR) is 123 cm³/mol. The van der Waals surface area contributed by atoms with Crippen molar-refractivity contribution in [2.75, 3.05) is 31.6 Å². The fraction of sp³-hybridized carbons (Fsp3) is 0.200. The van der Waals surface area contributed by atoms with Crippen molar-refractivity contribution < 1.29 is 19.1 Å². The van der Waals surface area contributed by atoms with Gasteiger partial charge >= 0.3 is 0 Å². The van der Waals surface area contributed by atoms with E-state index in [9.17, 15) is 9.59 Å². The van der Waals surface area contributed by atoms with E-state index in [2.05, 4.69) is 5.32 Å². The van der Waals surface area contributed by atoms with Gasteiger partial charge in [-0.3, -0.25) is 9.59 Å². The average molecular weight is 451 g/mol. The zero-order valence-corrected chi connectivity index (χ0v) is 18.2. The summed E-state index contributed by atoms with van der Waals surface area (Å²) in [7, 11) is 0. The summed E-state index contributed by atoms with van der Waals surface area (Å²) in [5.74, 6) is 0.103. The number of nitrogens with zero attached hydrogens (tertiary/aromatic N) is 1. The lowest BCUT2D eigenvalue weighted by Gasteiger charge is -2.27. The van der Waals surface area contributed by atoms with Crippen LogP contribution in [0.25, 0.3) is 0 Å². The molecule has 0 saturated carbocycles. The van der Waals surface area contributed by atoms with Crippen LogP contribution in [-0.4, -0.2) is 43.0 Å². The molecule has 1 N–H and O–H groups in total. The van der Waals surface area contributed by atoms with Crippen LogP contribution in [0.15, 0.2) is 72.8 Å². The molecule has 6 nitrogen and oxygen atoms in total. The van der Waals surface area contributed by atoms with Crippen molar-refractivity contribution >= 4 is 29.1 Å². The number of ether oxygens (including phenoxy) is 2. The Morgan fingerprint density at radius 2 is 1.72 bits per heavy atom. The van der Waals surface area contributed by atoms with Crippen molar-refractivity contribution in [1.29, 1.82) is 0 Å². The Kier molecular flexibility index (Phi) is 7.04. The molecular weight excluding hydrogens is 428 g/mol. The van der Waals surface area contributed by atoms with Gasteiger partial charge in [-0.05, 0) is 36.4 Å². The van der Waals surface area contributed by atoms with Gasteiger partial charge in [0.2, 0.25) is 0 Å². The SMILES string of the molecule is O=C(Nc1ccccc1C(=O)N1CCOCC1)c1cccc(OCc2ccccc2Cl)c1. The van der Waals surface area contributed by atoms with Crippen molar-refractivity contribution in [2.45, 2.75) is 6.61 Å². The van der Waals surface area contributed by atoms with E-state index in [1.54, 1.807) is 59.5 Å². The van der Waals surface area contributed by atoms with E-state index in [4.69, 9.17) is 21.1 Å². The largest absolute Gasteiger partial charge is 0.489 e. The van der Waals surface area contributed by atoms with Crippen LogP contribution in [0.5, 0.6) is 5.75 Å². The van der Waals surface area contributed by atoms with Gasteiger partial charge in [-0.25, -0.2) is 0 Å². The zero-order chi connectivity index (χ0) is 22.3. The van der Waals surface area contributed by atoms with Crippen molar-refractivity contribution in [1.82, 2.24) is 4.90 Å². The van der Waals surface area contributed by atoms with E-state index in [0.717, 1.165) is 5.56 Å². The quantitative estimate of drug-likeness (QED) is 0.594. The minimum absolute atomic E-state index is 0.124. The summed E-state index contributed by atoms with van der Waals surface area (Å²) in [4.78, 5) is 27.6. The normalized spacial score (nSPS) is 13.5. The summed E-state index contributed by atoms with van der Waals surface area (Å²) in [5.41, 5.74) is 2.21. The number of rotatable bonds is 6. The second kappa shape index (κ2) is 10.3. The lowest BCUT2D eigenvalue weighted by atomic mass is 10.1. The number of carbonyl (C=O) groups excluding carboxylic acids is 2. The molecule has 1 aliphatic rings. The number of para-hydroxylation sites is 1. The molecule has 1 fully saturated rings. The smallest absolute Gasteiger partial charge is 0.256 e. The summed E-state index contributed by atoms with van der Waals surface area (Å²) >= 11 is 6.18. The van der Waals surface area contributed by atoms with Gasteiger partial charge in [0.05, 0.1) is 24.5 Å². The van der Waals surface area contributed by atoms with Gasteiger partial charge < -0.3 is 19.7 Å². The summed E-state index contributed by atoms with van der Waals surface area (Å²) < 4.78 is 11.1. The van der Waals surface area contributed by atoms with Crippen LogP contribution in [0.2, 0.25) is 5.02 Å². The summed E-state index contributed by atoms with van der Waals surface area (Å²) in [6.45, 7) is 2.39. The van der Waals surface area contributed by atoms with Gasteiger partial charge in [0, 0.05) is 29.2 Å². The number of benzene rings is 3. The standard InChI is InChI=1S/C25H23ClN2O4/c26-22-10-3-1-6-19(22)17-32-20-8-5-7-18(16-20)24(29)27-23-11-4-2-9-21(23)25(30)28-12-14-31-15-13-28/h1-11,16H,12-15,17H2,(H,27,29). The van der Waals surface area contributed by atoms with Crippen LogP contribution in [0.4, 0.5) is 5.69 Å². The van der Waals surface area contributed by atoms with Crippen molar-refractivity contribution in [2.24, 2.45) is 0 Å². The van der Waals surface area contributed by atoms with E-state index in [0.29, 0.717) is 60.5 Å². The molecule has 4 rings (SSSR count). The second-order valence-corrected chi connectivity index (χ2v) is 7.72. The third-order valence-corrected chi connectivity index (χ3v) is 5.52. The van der Waals surface area contributed by atoms with Gasteiger partial charge in [-0.15, -0.1) is 0 Å². The highest BCUT2D eigenvalue weighted by Gasteiger charge is 2.21. The lowest BCUT2D eigenvalue weighted by Crippen LogP contribution is -2.41. The van der Waals surface area contributed by atoms with Crippen molar-refractivity contribution in [3.05, 3.63) is 94.5 Å². The zero-order valence-electron chi connectivity index (χ0n) is 17.4. The minimum atomic E-state index is -0.324. The Balaban J connectivity index is 1.46. The number of hydrogen-bond donors (Lipinski definition) is 1. The molecule has 0 unspecified atom stereocenters. The first-order valence-electron chi connectivity index (χ1n) is 10.4. The molecule has 0 aromatic heterocycles. The number of nitrogens with one attached hydrogen (secondary N) is 1. The van der Waals surface area contributed by atoms with Gasteiger partial charge in [-0.2, -0.15) is 0 Å². The fourth-order valence-corrected chi connectivity index (χ4v) is 3.60. The molecule has 0 aliphatic carbocycles. The third-order valence-electron chi connectivity index (χ3n) is 5.15. The molecule has 1 saturated heterocycles. The highest BCUT2D eigenvalue weighted by atomic mass is 35.5. The Hall–Kier alpha value is -3.35. The van der Waals surface area contributed by atoms with E-state index in [1.807, 2.05) is 18.2 Å². The highest BCUT2D eigenvalue weighted by Crippen LogP contribution is 2.22. The fourth-order valence-electron chi connectivity index (χ4n) is 3.41. The molecule has 3 aromatic rings. The Morgan fingerprint density at radius 1 is 0.969 bits per heavy atom. The monoisotopic (exact) mass is 450 g/mol. The third kappa shape index (κ3) is 5.28. The van der Waals surface area contributed by atoms with Gasteiger partial charge in [0.1, 0.15) is 12.4 Å². The predicted octanol–water partition coefficient (Wildman–Crippen LogP) is 4.64. The molecule has 0 spiro atoms. The van der Waals surface area contributed by atoms with Crippen LogP contribution in [-0.2, 0) is 11.3 Å². The minimum Gasteiger partial charge on any atom is -0.489 e. The molecule has 0 bridgehead atoms. The summed E-state index contributed by atoms with van der Waals surface area (Å²) in [5, 5.41) is 3.49. The van der Waals surface area contributed by atoms with Crippen molar-refractivity contribution in [3.8, 4) is 5.75 Å². The van der Waals surface area contributed by atoms with Gasteiger partial charge in [0.15, 0.2) is 0 Å². The first-order chi connectivity index (χ1) is 15.6. The van der Waals surface area contributed by atoms with E-state index < -0.39 is 0 Å². The molecule has 7 heteroatoms. The molecule has 1 aliphatic heterocycles. The molecule has 0 radical (unpaired) electrons. The van der Waals surface area contributed by atoms with E-state index in [-0.39, 0.29) is 11.8 Å². The van der Waals surface area contributed by atoms with Crippen LogP contribution in [0.3, 0.4) is 0 Å². The molecule has 32 heavy (non-hydrogen) atoms. The topological polar surface area (TPSA) is 67.9 Å². The maximum atomic E-state index is 12.9. The Bertz CT molecular complexity index is 1110. The number of halogens is 1. The van der Waals surface area contributed by atoms with Crippen LogP contribution < -0.4 is 10.1 Å². The highest BCUT2D eigenvalue weighted by molar-refractivity contribution is 6.31. The average Bonchev–Trinajstić information content (AvgIpc) is 2.84. The molecule has 0 atom stereocenters. The van der Waals surface area contributed by atoms with E-state index >= 15 is 0 Å². The number of anilines is 1. The molecular formula is C25H23ClN2O4. The second-order valence-electron chi connectivity index (χ2n) is 7.31. The molecule has 3 aromatic carbocycles. The molecule has 1 heterocycles. The summed E-state index contributed by atoms with van der Waals surface area (Å²) in [6, 6.07) is 21.4. The maximum Gasteiger partial charge on any atom is 0.256 e. The number of hydrogen-bond acceptors (Lipinski definition) is 4. The van der Waals surface area contributed by atoms with Crippen LogP contribution >= 0.6 is 11.6 Å². The maximum absolute atomic E-state index is 12.9. The number of carbonyl (C=O) groups is 2. The Morgan fingerprint density at radius 3 is 2.53 bits per heavy atom. The lowest BCUT2D eigenvalue weighted by molar-refractivity contribution is 0.0303.